The molecule has 1 aromatic carbocycles. The molecular formula is C16H20N2O. The fraction of sp³-hybridized carbons (Fsp3) is 0.312. The Bertz CT molecular complexity index is 511. The number of ether oxygens (including phenoxy) is 1. The van der Waals surface area contributed by atoms with Crippen molar-refractivity contribution in [3.05, 3.63) is 59.9 Å². The minimum Gasteiger partial charge on any atom is -0.378 e. The highest BCUT2D eigenvalue weighted by molar-refractivity contribution is 5.45. The van der Waals surface area contributed by atoms with Gasteiger partial charge in [-0.25, -0.2) is 0 Å². The zero-order valence-corrected chi connectivity index (χ0v) is 11.7. The molecule has 1 atom stereocenters. The van der Waals surface area contributed by atoms with Crippen molar-refractivity contribution < 1.29 is 4.74 Å². The van der Waals surface area contributed by atoms with Crippen molar-refractivity contribution in [1.29, 1.82) is 0 Å². The Hall–Kier alpha value is -1.87. The molecule has 2 aromatic rings. The maximum absolute atomic E-state index is 5.87. The molecule has 0 saturated carbocycles. The van der Waals surface area contributed by atoms with Gasteiger partial charge in [-0.05, 0) is 24.6 Å². The Labute approximate surface area is 114 Å². The molecule has 0 aliphatic carbocycles. The van der Waals surface area contributed by atoms with Crippen LogP contribution in [0, 0.1) is 0 Å². The summed E-state index contributed by atoms with van der Waals surface area (Å²) in [5.74, 6) is 0. The van der Waals surface area contributed by atoms with Crippen molar-refractivity contribution in [2.45, 2.75) is 19.6 Å². The molecule has 0 saturated heterocycles. The third-order valence-electron chi connectivity index (χ3n) is 3.04. The highest BCUT2D eigenvalue weighted by atomic mass is 16.5. The molecule has 0 radical (unpaired) electrons. The molecule has 0 amide bonds. The van der Waals surface area contributed by atoms with Crippen molar-refractivity contribution >= 4 is 5.69 Å². The number of pyridine rings is 1. The summed E-state index contributed by atoms with van der Waals surface area (Å²) < 4.78 is 5.87. The normalized spacial score (nSPS) is 12.2. The van der Waals surface area contributed by atoms with Crippen LogP contribution in [0.1, 0.15) is 24.3 Å². The lowest BCUT2D eigenvalue weighted by atomic mass is 10.2. The number of nitrogens with zero attached hydrogens (tertiary/aromatic N) is 2. The van der Waals surface area contributed by atoms with Gasteiger partial charge >= 0.3 is 0 Å². The van der Waals surface area contributed by atoms with Crippen molar-refractivity contribution in [1.82, 2.24) is 4.98 Å². The van der Waals surface area contributed by atoms with E-state index in [2.05, 4.69) is 28.1 Å². The Morgan fingerprint density at radius 1 is 1.16 bits per heavy atom. The van der Waals surface area contributed by atoms with Gasteiger partial charge < -0.3 is 9.64 Å². The molecule has 0 aliphatic rings. The predicted molar refractivity (Wildman–Crippen MR) is 78.2 cm³/mol. The van der Waals surface area contributed by atoms with Crippen LogP contribution < -0.4 is 4.90 Å². The number of hydrogen-bond donors (Lipinski definition) is 0. The standard InChI is InChI=1S/C16H20N2O/c1-13(19-12-14-7-5-4-6-8-14)16-11-15(18(2)3)9-10-17-16/h4-11,13H,12H2,1-3H3/t13-/m0/s1. The molecule has 19 heavy (non-hydrogen) atoms. The molecule has 0 fully saturated rings. The van der Waals surface area contributed by atoms with Gasteiger partial charge in [-0.2, -0.15) is 0 Å². The van der Waals surface area contributed by atoms with E-state index in [4.69, 9.17) is 4.74 Å². The van der Waals surface area contributed by atoms with Crippen LogP contribution in [0.5, 0.6) is 0 Å². The molecule has 100 valence electrons. The lowest BCUT2D eigenvalue weighted by Crippen LogP contribution is -2.10. The predicted octanol–water partition coefficient (Wildman–Crippen LogP) is 3.43. The number of aromatic nitrogens is 1. The number of benzene rings is 1. The molecule has 3 heteroatoms. The minimum atomic E-state index is -0.0138. The smallest absolute Gasteiger partial charge is 0.0971 e. The van der Waals surface area contributed by atoms with E-state index in [1.54, 1.807) is 0 Å². The van der Waals surface area contributed by atoms with E-state index >= 15 is 0 Å². The van der Waals surface area contributed by atoms with Gasteiger partial charge in [-0.3, -0.25) is 4.98 Å². The van der Waals surface area contributed by atoms with Gasteiger partial charge in [0.1, 0.15) is 0 Å². The summed E-state index contributed by atoms with van der Waals surface area (Å²) in [6.45, 7) is 2.64. The second-order valence-electron chi connectivity index (χ2n) is 4.77. The van der Waals surface area contributed by atoms with Gasteiger partial charge in [-0.15, -0.1) is 0 Å². The average molecular weight is 256 g/mol. The van der Waals surface area contributed by atoms with Crippen molar-refractivity contribution in [2.75, 3.05) is 19.0 Å². The van der Waals surface area contributed by atoms with Gasteiger partial charge in [0.2, 0.25) is 0 Å². The Morgan fingerprint density at radius 2 is 1.89 bits per heavy atom. The molecule has 1 heterocycles. The average Bonchev–Trinajstić information content (AvgIpc) is 2.46. The van der Waals surface area contributed by atoms with Gasteiger partial charge in [0.25, 0.3) is 0 Å². The van der Waals surface area contributed by atoms with Gasteiger partial charge in [0.15, 0.2) is 0 Å². The molecule has 2 rings (SSSR count). The zero-order chi connectivity index (χ0) is 13.7. The Balaban J connectivity index is 2.00. The minimum absolute atomic E-state index is 0.0138. The summed E-state index contributed by atoms with van der Waals surface area (Å²) in [7, 11) is 4.04. The van der Waals surface area contributed by atoms with Crippen LogP contribution in [0.3, 0.4) is 0 Å². The fourth-order valence-corrected chi connectivity index (χ4v) is 1.82. The fourth-order valence-electron chi connectivity index (χ4n) is 1.82. The summed E-state index contributed by atoms with van der Waals surface area (Å²) in [6, 6.07) is 14.2. The topological polar surface area (TPSA) is 25.4 Å². The summed E-state index contributed by atoms with van der Waals surface area (Å²) in [5.41, 5.74) is 3.28. The molecule has 3 nitrogen and oxygen atoms in total. The van der Waals surface area contributed by atoms with Crippen LogP contribution in [0.4, 0.5) is 5.69 Å². The molecule has 0 unspecified atom stereocenters. The second kappa shape index (κ2) is 6.34. The SMILES string of the molecule is C[C@H](OCc1ccccc1)c1cc(N(C)C)ccn1. The van der Waals surface area contributed by atoms with E-state index in [1.807, 2.05) is 51.5 Å². The van der Waals surface area contributed by atoms with Crippen LogP contribution >= 0.6 is 0 Å². The lowest BCUT2D eigenvalue weighted by Gasteiger charge is -2.16. The van der Waals surface area contributed by atoms with Gasteiger partial charge in [0.05, 0.1) is 18.4 Å². The van der Waals surface area contributed by atoms with Gasteiger partial charge in [-0.1, -0.05) is 30.3 Å². The maximum Gasteiger partial charge on any atom is 0.0971 e. The number of rotatable bonds is 5. The van der Waals surface area contributed by atoms with E-state index in [0.29, 0.717) is 6.61 Å². The first-order chi connectivity index (χ1) is 9.16. The van der Waals surface area contributed by atoms with Gasteiger partial charge in [0, 0.05) is 26.0 Å². The van der Waals surface area contributed by atoms with E-state index in [9.17, 15) is 0 Å². The van der Waals surface area contributed by atoms with E-state index in [0.717, 1.165) is 11.4 Å². The quantitative estimate of drug-likeness (QED) is 0.819. The number of hydrogen-bond acceptors (Lipinski definition) is 3. The first-order valence-corrected chi connectivity index (χ1v) is 6.45. The summed E-state index contributed by atoms with van der Waals surface area (Å²) in [6.07, 6.45) is 1.81. The van der Waals surface area contributed by atoms with Crippen LogP contribution in [0.15, 0.2) is 48.7 Å². The summed E-state index contributed by atoms with van der Waals surface area (Å²) in [5, 5.41) is 0. The molecule has 0 N–H and O–H groups in total. The van der Waals surface area contributed by atoms with Crippen molar-refractivity contribution in [3.8, 4) is 0 Å². The molecule has 0 spiro atoms. The van der Waals surface area contributed by atoms with Crippen LogP contribution in [0.25, 0.3) is 0 Å². The monoisotopic (exact) mass is 256 g/mol. The summed E-state index contributed by atoms with van der Waals surface area (Å²) >= 11 is 0. The second-order valence-corrected chi connectivity index (χ2v) is 4.77. The van der Waals surface area contributed by atoms with Crippen molar-refractivity contribution in [2.24, 2.45) is 0 Å². The Kier molecular flexibility index (Phi) is 4.53. The zero-order valence-electron chi connectivity index (χ0n) is 11.7. The largest absolute Gasteiger partial charge is 0.378 e. The lowest BCUT2D eigenvalue weighted by molar-refractivity contribution is 0.0498. The molecule has 1 aromatic heterocycles. The first-order valence-electron chi connectivity index (χ1n) is 6.45. The van der Waals surface area contributed by atoms with Crippen LogP contribution in [0.2, 0.25) is 0 Å². The van der Waals surface area contributed by atoms with E-state index < -0.39 is 0 Å². The summed E-state index contributed by atoms with van der Waals surface area (Å²) in [4.78, 5) is 6.45. The van der Waals surface area contributed by atoms with Crippen LogP contribution in [-0.2, 0) is 11.3 Å². The van der Waals surface area contributed by atoms with Crippen LogP contribution in [-0.4, -0.2) is 19.1 Å². The maximum atomic E-state index is 5.87. The molecule has 0 aliphatic heterocycles. The Morgan fingerprint density at radius 3 is 2.58 bits per heavy atom. The highest BCUT2D eigenvalue weighted by Crippen LogP contribution is 2.20. The van der Waals surface area contributed by atoms with E-state index in [-0.39, 0.29) is 6.10 Å². The molecular weight excluding hydrogens is 236 g/mol. The van der Waals surface area contributed by atoms with E-state index in [1.165, 1.54) is 5.56 Å². The van der Waals surface area contributed by atoms with Crippen molar-refractivity contribution in [3.63, 3.8) is 0 Å². The number of anilines is 1. The first kappa shape index (κ1) is 13.6. The third kappa shape index (κ3) is 3.80. The molecule has 0 bridgehead atoms. The highest BCUT2D eigenvalue weighted by Gasteiger charge is 2.09. The third-order valence-corrected chi connectivity index (χ3v) is 3.04.